The summed E-state index contributed by atoms with van der Waals surface area (Å²) >= 11 is 1.79. The summed E-state index contributed by atoms with van der Waals surface area (Å²) in [5.41, 5.74) is 8.85. The first-order valence-electron chi connectivity index (χ1n) is 8.25. The third-order valence-corrected chi connectivity index (χ3v) is 6.03. The van der Waals surface area contributed by atoms with Crippen LogP contribution >= 0.6 is 11.8 Å². The van der Waals surface area contributed by atoms with E-state index in [-0.39, 0.29) is 11.6 Å². The zero-order chi connectivity index (χ0) is 17.9. The number of carbonyl (C=O) groups excluding carboxylic acids is 1. The minimum Gasteiger partial charge on any atom is -0.294 e. The first-order valence-corrected chi connectivity index (χ1v) is 9.40. The van der Waals surface area contributed by atoms with Gasteiger partial charge in [-0.3, -0.25) is 4.79 Å². The van der Waals surface area contributed by atoms with Gasteiger partial charge in [0, 0.05) is 23.5 Å². The van der Waals surface area contributed by atoms with E-state index in [4.69, 9.17) is 0 Å². The molecule has 0 amide bonds. The van der Waals surface area contributed by atoms with E-state index in [2.05, 4.69) is 34.6 Å². The van der Waals surface area contributed by atoms with Gasteiger partial charge in [0.1, 0.15) is 5.82 Å². The van der Waals surface area contributed by atoms with Crippen LogP contribution in [0.1, 0.15) is 50.2 Å². The van der Waals surface area contributed by atoms with Crippen molar-refractivity contribution >= 4 is 17.5 Å². The Morgan fingerprint density at radius 2 is 1.38 bits per heavy atom. The zero-order valence-corrected chi connectivity index (χ0v) is 15.9. The van der Waals surface area contributed by atoms with Crippen molar-refractivity contribution < 1.29 is 9.18 Å². The molecule has 0 saturated carbocycles. The number of halogens is 1. The van der Waals surface area contributed by atoms with E-state index in [0.717, 1.165) is 11.5 Å². The van der Waals surface area contributed by atoms with Gasteiger partial charge in [-0.25, -0.2) is 4.39 Å². The van der Waals surface area contributed by atoms with Gasteiger partial charge < -0.3 is 0 Å². The van der Waals surface area contributed by atoms with Crippen LogP contribution in [0.5, 0.6) is 0 Å². The number of hydrogen-bond donors (Lipinski definition) is 0. The molecule has 1 nitrogen and oxygen atoms in total. The van der Waals surface area contributed by atoms with Crippen LogP contribution in [-0.4, -0.2) is 11.5 Å². The predicted molar refractivity (Wildman–Crippen MR) is 102 cm³/mol. The van der Waals surface area contributed by atoms with Crippen LogP contribution in [0.15, 0.2) is 24.3 Å². The second-order valence-corrected chi connectivity index (χ2v) is 7.44. The minimum atomic E-state index is -0.308. The van der Waals surface area contributed by atoms with Crippen molar-refractivity contribution in [1.29, 1.82) is 0 Å². The van der Waals surface area contributed by atoms with Gasteiger partial charge in [-0.1, -0.05) is 0 Å². The summed E-state index contributed by atoms with van der Waals surface area (Å²) in [5.74, 6) is 1.47. The average Bonchev–Trinajstić information content (AvgIpc) is 2.58. The maximum absolute atomic E-state index is 12.9. The molecule has 0 bridgehead atoms. The summed E-state index contributed by atoms with van der Waals surface area (Å²) in [6.07, 6.45) is 0.484. The van der Waals surface area contributed by atoms with E-state index >= 15 is 0 Å². The van der Waals surface area contributed by atoms with Gasteiger partial charge in [-0.05, 0) is 92.3 Å². The van der Waals surface area contributed by atoms with Crippen molar-refractivity contribution in [2.24, 2.45) is 0 Å². The van der Waals surface area contributed by atoms with E-state index in [1.807, 2.05) is 0 Å². The van der Waals surface area contributed by atoms with Crippen molar-refractivity contribution in [3.63, 3.8) is 0 Å². The van der Waals surface area contributed by atoms with Gasteiger partial charge in [0.05, 0.1) is 0 Å². The van der Waals surface area contributed by atoms with Gasteiger partial charge in [-0.2, -0.15) is 11.8 Å². The second-order valence-electron chi connectivity index (χ2n) is 6.34. The fraction of sp³-hybridized carbons (Fsp3) is 0.381. The molecule has 24 heavy (non-hydrogen) atoms. The molecule has 0 N–H and O–H groups in total. The summed E-state index contributed by atoms with van der Waals surface area (Å²) in [5, 5.41) is 0. The maximum atomic E-state index is 12.9. The van der Waals surface area contributed by atoms with Crippen molar-refractivity contribution in [2.45, 2.75) is 46.8 Å². The summed E-state index contributed by atoms with van der Waals surface area (Å²) < 4.78 is 12.9. The van der Waals surface area contributed by atoms with Crippen LogP contribution in [0.2, 0.25) is 0 Å². The minimum absolute atomic E-state index is 0.0761. The highest BCUT2D eigenvalue weighted by molar-refractivity contribution is 7.98. The molecule has 0 aromatic heterocycles. The predicted octanol–water partition coefficient (Wildman–Crippen LogP) is 5.87. The Hall–Kier alpha value is -1.61. The lowest BCUT2D eigenvalue weighted by molar-refractivity contribution is 0.0989. The van der Waals surface area contributed by atoms with Gasteiger partial charge in [0.25, 0.3) is 0 Å². The molecular weight excluding hydrogens is 319 g/mol. The summed E-state index contributed by atoms with van der Waals surface area (Å²) in [6, 6.07) is 5.79. The number of Topliss-reactive ketones (excluding diaryl/α,β-unsaturated/α-hetero) is 1. The fourth-order valence-corrected chi connectivity index (χ4v) is 4.02. The Bertz CT molecular complexity index is 718. The van der Waals surface area contributed by atoms with Crippen molar-refractivity contribution in [3.8, 4) is 0 Å². The second kappa shape index (κ2) is 7.98. The Labute approximate surface area is 148 Å². The maximum Gasteiger partial charge on any atom is 0.163 e. The van der Waals surface area contributed by atoms with E-state index in [9.17, 15) is 9.18 Å². The van der Waals surface area contributed by atoms with Crippen LogP contribution in [0.25, 0.3) is 0 Å². The number of hydrogen-bond acceptors (Lipinski definition) is 2. The highest BCUT2D eigenvalue weighted by atomic mass is 32.2. The molecular formula is C21H25FOS. The van der Waals surface area contributed by atoms with Crippen LogP contribution < -0.4 is 0 Å². The number of benzene rings is 2. The topological polar surface area (TPSA) is 17.1 Å². The monoisotopic (exact) mass is 344 g/mol. The van der Waals surface area contributed by atoms with Gasteiger partial charge in [-0.15, -0.1) is 0 Å². The Morgan fingerprint density at radius 3 is 1.92 bits per heavy atom. The molecule has 0 heterocycles. The molecule has 0 aliphatic rings. The quantitative estimate of drug-likeness (QED) is 0.481. The van der Waals surface area contributed by atoms with Gasteiger partial charge in [0.2, 0.25) is 0 Å². The Kier molecular flexibility index (Phi) is 6.22. The highest BCUT2D eigenvalue weighted by Crippen LogP contribution is 2.29. The summed E-state index contributed by atoms with van der Waals surface area (Å²) in [7, 11) is 0. The lowest BCUT2D eigenvalue weighted by Crippen LogP contribution is -2.03. The number of ketones is 1. The molecule has 2 aromatic carbocycles. The summed E-state index contributed by atoms with van der Waals surface area (Å²) in [6.45, 7) is 10.9. The molecule has 0 aliphatic heterocycles. The van der Waals surface area contributed by atoms with Crippen LogP contribution in [-0.2, 0) is 5.75 Å². The molecule has 2 aromatic rings. The first kappa shape index (κ1) is 18.7. The van der Waals surface area contributed by atoms with E-state index in [0.29, 0.717) is 12.0 Å². The zero-order valence-electron chi connectivity index (χ0n) is 15.1. The highest BCUT2D eigenvalue weighted by Gasteiger charge is 2.12. The lowest BCUT2D eigenvalue weighted by atomic mass is 9.90. The molecule has 0 aliphatic carbocycles. The molecule has 3 heteroatoms. The Balaban J connectivity index is 1.95. The largest absolute Gasteiger partial charge is 0.294 e. The van der Waals surface area contributed by atoms with Crippen molar-refractivity contribution in [1.82, 2.24) is 0 Å². The molecule has 0 spiro atoms. The smallest absolute Gasteiger partial charge is 0.163 e. The molecule has 0 fully saturated rings. The summed E-state index contributed by atoms with van der Waals surface area (Å²) in [4.78, 5) is 12.1. The van der Waals surface area contributed by atoms with Gasteiger partial charge >= 0.3 is 0 Å². The SMILES string of the molecule is Cc1c(C)c(C)c(CSCCC(=O)c2ccc(F)cc2)c(C)c1C. The molecule has 128 valence electrons. The van der Waals surface area contributed by atoms with Crippen LogP contribution in [0, 0.1) is 40.4 Å². The lowest BCUT2D eigenvalue weighted by Gasteiger charge is -2.18. The first-order chi connectivity index (χ1) is 11.3. The van der Waals surface area contributed by atoms with E-state index in [1.54, 1.807) is 23.9 Å². The number of carbonyl (C=O) groups is 1. The molecule has 0 unspecified atom stereocenters. The normalized spacial score (nSPS) is 10.9. The molecule has 0 radical (unpaired) electrons. The van der Waals surface area contributed by atoms with E-state index < -0.39 is 0 Å². The van der Waals surface area contributed by atoms with Crippen molar-refractivity contribution in [2.75, 3.05) is 5.75 Å². The van der Waals surface area contributed by atoms with Crippen molar-refractivity contribution in [3.05, 3.63) is 69.0 Å². The molecule has 0 saturated heterocycles. The fourth-order valence-electron chi connectivity index (χ4n) is 2.91. The van der Waals surface area contributed by atoms with Gasteiger partial charge in [0.15, 0.2) is 5.78 Å². The van der Waals surface area contributed by atoms with E-state index in [1.165, 1.54) is 45.5 Å². The Morgan fingerprint density at radius 1 is 0.875 bits per heavy atom. The molecule has 2 rings (SSSR count). The third-order valence-electron chi connectivity index (χ3n) is 5.04. The number of thioether (sulfide) groups is 1. The van der Waals surface area contributed by atoms with Crippen LogP contribution in [0.3, 0.4) is 0 Å². The van der Waals surface area contributed by atoms with Crippen LogP contribution in [0.4, 0.5) is 4.39 Å². The molecule has 0 atom stereocenters. The number of rotatable bonds is 6. The third kappa shape index (κ3) is 4.07. The average molecular weight is 344 g/mol. The standard InChI is InChI=1S/C21H25FOS/c1-13-14(2)16(4)20(17(5)15(13)3)12-24-11-10-21(23)18-6-8-19(22)9-7-18/h6-9H,10-12H2,1-5H3.